The summed E-state index contributed by atoms with van der Waals surface area (Å²) in [6.07, 6.45) is 0. The molecule has 1 heterocycles. The van der Waals surface area contributed by atoms with Gasteiger partial charge in [-0.1, -0.05) is 29.5 Å². The van der Waals surface area contributed by atoms with Crippen molar-refractivity contribution in [2.24, 2.45) is 0 Å². The predicted octanol–water partition coefficient (Wildman–Crippen LogP) is 4.57. The molecule has 0 fully saturated rings. The summed E-state index contributed by atoms with van der Waals surface area (Å²) in [5.41, 5.74) is 2.05. The Bertz CT molecular complexity index is 798. The topological polar surface area (TPSA) is 68.9 Å². The van der Waals surface area contributed by atoms with Gasteiger partial charge < -0.3 is 0 Å². The lowest BCUT2D eigenvalue weighted by molar-refractivity contribution is -0.384. The van der Waals surface area contributed by atoms with E-state index in [1.54, 1.807) is 23.9 Å². The molecule has 0 aliphatic heterocycles. The van der Waals surface area contributed by atoms with E-state index in [4.69, 9.17) is 0 Å². The smallest absolute Gasteiger partial charge is 0.258 e. The zero-order valence-corrected chi connectivity index (χ0v) is 13.2. The van der Waals surface area contributed by atoms with Gasteiger partial charge in [-0.25, -0.2) is 4.98 Å². The SMILES string of the molecule is Cc1ccc(Sc2nc(-c3ccc([N+](=O)[O-])cc3)ns2)cc1. The molecule has 7 heteroatoms. The Labute approximate surface area is 135 Å². The Hall–Kier alpha value is -2.25. The number of nitrogens with zero attached hydrogens (tertiary/aromatic N) is 3. The minimum absolute atomic E-state index is 0.0632. The number of hydrogen-bond acceptors (Lipinski definition) is 6. The largest absolute Gasteiger partial charge is 0.269 e. The first-order chi connectivity index (χ1) is 10.6. The summed E-state index contributed by atoms with van der Waals surface area (Å²) in [4.78, 5) is 15.8. The van der Waals surface area contributed by atoms with E-state index in [1.807, 2.05) is 19.1 Å². The molecular formula is C15H11N3O2S2. The summed E-state index contributed by atoms with van der Waals surface area (Å²) >= 11 is 2.88. The number of non-ortho nitro benzene ring substituents is 1. The maximum atomic E-state index is 10.7. The second-order valence-electron chi connectivity index (χ2n) is 4.60. The first-order valence-corrected chi connectivity index (χ1v) is 8.04. The average Bonchev–Trinajstić information content (AvgIpc) is 2.98. The van der Waals surface area contributed by atoms with Gasteiger partial charge in [-0.15, -0.1) is 0 Å². The standard InChI is InChI=1S/C15H11N3O2S2/c1-10-2-8-13(9-3-10)21-15-16-14(17-22-15)11-4-6-12(7-5-11)18(19)20/h2-9H,1H3. The molecule has 0 unspecified atom stereocenters. The summed E-state index contributed by atoms with van der Waals surface area (Å²) in [7, 11) is 0. The molecule has 22 heavy (non-hydrogen) atoms. The van der Waals surface area contributed by atoms with Crippen LogP contribution in [0.2, 0.25) is 0 Å². The van der Waals surface area contributed by atoms with Crippen LogP contribution in [0, 0.1) is 17.0 Å². The van der Waals surface area contributed by atoms with Gasteiger partial charge in [0.1, 0.15) is 0 Å². The van der Waals surface area contributed by atoms with E-state index >= 15 is 0 Å². The molecule has 3 aromatic rings. The number of rotatable bonds is 4. The summed E-state index contributed by atoms with van der Waals surface area (Å²) in [6, 6.07) is 14.5. The van der Waals surface area contributed by atoms with Crippen LogP contribution in [0.4, 0.5) is 5.69 Å². The lowest BCUT2D eigenvalue weighted by Gasteiger charge is -1.97. The predicted molar refractivity (Wildman–Crippen MR) is 87.3 cm³/mol. The van der Waals surface area contributed by atoms with Gasteiger partial charge in [0, 0.05) is 22.6 Å². The van der Waals surface area contributed by atoms with Crippen LogP contribution in [-0.2, 0) is 0 Å². The van der Waals surface area contributed by atoms with Gasteiger partial charge in [-0.2, -0.15) is 4.37 Å². The molecule has 1 aromatic heterocycles. The summed E-state index contributed by atoms with van der Waals surface area (Å²) in [5, 5.41) is 10.7. The molecule has 0 amide bonds. The molecule has 0 radical (unpaired) electrons. The second-order valence-corrected chi connectivity index (χ2v) is 6.68. The fourth-order valence-electron chi connectivity index (χ4n) is 1.81. The third-order valence-corrected chi connectivity index (χ3v) is 4.73. The molecule has 0 N–H and O–H groups in total. The molecule has 2 aromatic carbocycles. The maximum absolute atomic E-state index is 10.7. The monoisotopic (exact) mass is 329 g/mol. The Balaban J connectivity index is 1.78. The lowest BCUT2D eigenvalue weighted by atomic mass is 10.2. The first-order valence-electron chi connectivity index (χ1n) is 6.45. The number of benzene rings is 2. The minimum Gasteiger partial charge on any atom is -0.258 e. The van der Waals surface area contributed by atoms with Crippen LogP contribution in [0.3, 0.4) is 0 Å². The van der Waals surface area contributed by atoms with E-state index < -0.39 is 4.92 Å². The average molecular weight is 329 g/mol. The van der Waals surface area contributed by atoms with Gasteiger partial charge in [0.2, 0.25) is 0 Å². The lowest BCUT2D eigenvalue weighted by Crippen LogP contribution is -1.87. The van der Waals surface area contributed by atoms with Crippen LogP contribution in [-0.4, -0.2) is 14.3 Å². The molecule has 0 saturated heterocycles. The Morgan fingerprint density at radius 1 is 1.09 bits per heavy atom. The van der Waals surface area contributed by atoms with Gasteiger partial charge >= 0.3 is 0 Å². The molecule has 0 saturated carbocycles. The van der Waals surface area contributed by atoms with Gasteiger partial charge in [0.15, 0.2) is 10.2 Å². The first kappa shape index (κ1) is 14.7. The van der Waals surface area contributed by atoms with Gasteiger partial charge in [-0.05, 0) is 42.7 Å². The van der Waals surface area contributed by atoms with E-state index in [2.05, 4.69) is 21.5 Å². The Morgan fingerprint density at radius 3 is 2.41 bits per heavy atom. The van der Waals surface area contributed by atoms with Crippen LogP contribution in [0.1, 0.15) is 5.56 Å². The highest BCUT2D eigenvalue weighted by molar-refractivity contribution is 8.01. The van der Waals surface area contributed by atoms with Crippen molar-refractivity contribution in [1.82, 2.24) is 9.36 Å². The molecule has 5 nitrogen and oxygen atoms in total. The molecule has 0 spiro atoms. The van der Waals surface area contributed by atoms with E-state index in [1.165, 1.54) is 29.2 Å². The number of aromatic nitrogens is 2. The molecule has 110 valence electrons. The summed E-state index contributed by atoms with van der Waals surface area (Å²) < 4.78 is 5.16. The highest BCUT2D eigenvalue weighted by atomic mass is 32.2. The third-order valence-electron chi connectivity index (χ3n) is 2.97. The Kier molecular flexibility index (Phi) is 4.17. The fraction of sp³-hybridized carbons (Fsp3) is 0.0667. The van der Waals surface area contributed by atoms with Crippen LogP contribution in [0.25, 0.3) is 11.4 Å². The van der Waals surface area contributed by atoms with Crippen molar-refractivity contribution in [2.75, 3.05) is 0 Å². The third kappa shape index (κ3) is 3.32. The number of aryl methyl sites for hydroxylation is 1. The number of hydrogen-bond donors (Lipinski definition) is 0. The minimum atomic E-state index is -0.420. The van der Waals surface area contributed by atoms with Gasteiger partial charge in [-0.3, -0.25) is 10.1 Å². The van der Waals surface area contributed by atoms with Crippen molar-refractivity contribution in [1.29, 1.82) is 0 Å². The quantitative estimate of drug-likeness (QED) is 0.518. The van der Waals surface area contributed by atoms with Crippen LogP contribution >= 0.6 is 23.3 Å². The summed E-state index contributed by atoms with van der Waals surface area (Å²) in [6.45, 7) is 2.05. The van der Waals surface area contributed by atoms with Crippen LogP contribution in [0.15, 0.2) is 57.8 Å². The highest BCUT2D eigenvalue weighted by Gasteiger charge is 2.10. The molecule has 0 aliphatic carbocycles. The molecule has 0 bridgehead atoms. The number of nitro benzene ring substituents is 1. The van der Waals surface area contributed by atoms with Crippen LogP contribution in [0.5, 0.6) is 0 Å². The van der Waals surface area contributed by atoms with Gasteiger partial charge in [0.05, 0.1) is 4.92 Å². The van der Waals surface area contributed by atoms with E-state index in [0.717, 1.165) is 14.8 Å². The van der Waals surface area contributed by atoms with E-state index in [9.17, 15) is 10.1 Å². The van der Waals surface area contributed by atoms with Crippen molar-refractivity contribution in [3.8, 4) is 11.4 Å². The van der Waals surface area contributed by atoms with Crippen LogP contribution < -0.4 is 0 Å². The van der Waals surface area contributed by atoms with Gasteiger partial charge in [0.25, 0.3) is 5.69 Å². The Morgan fingerprint density at radius 2 is 1.77 bits per heavy atom. The maximum Gasteiger partial charge on any atom is 0.269 e. The van der Waals surface area contributed by atoms with E-state index in [-0.39, 0.29) is 5.69 Å². The zero-order valence-electron chi connectivity index (χ0n) is 11.6. The van der Waals surface area contributed by atoms with E-state index in [0.29, 0.717) is 5.82 Å². The zero-order chi connectivity index (χ0) is 15.5. The molecular weight excluding hydrogens is 318 g/mol. The second kappa shape index (κ2) is 6.25. The number of nitro groups is 1. The van der Waals surface area contributed by atoms with Crippen molar-refractivity contribution in [2.45, 2.75) is 16.2 Å². The van der Waals surface area contributed by atoms with Crippen molar-refractivity contribution < 1.29 is 4.92 Å². The molecule has 3 rings (SSSR count). The fourth-order valence-corrected chi connectivity index (χ4v) is 3.40. The highest BCUT2D eigenvalue weighted by Crippen LogP contribution is 2.31. The molecule has 0 aliphatic rings. The normalized spacial score (nSPS) is 10.6. The van der Waals surface area contributed by atoms with Crippen molar-refractivity contribution >= 4 is 29.0 Å². The van der Waals surface area contributed by atoms with Crippen molar-refractivity contribution in [3.05, 3.63) is 64.2 Å². The molecule has 0 atom stereocenters. The van der Waals surface area contributed by atoms with Crippen molar-refractivity contribution in [3.63, 3.8) is 0 Å². The summed E-state index contributed by atoms with van der Waals surface area (Å²) in [5.74, 6) is 0.592.